The molecule has 1 aromatic rings. The summed E-state index contributed by atoms with van der Waals surface area (Å²) in [5.41, 5.74) is 3.05. The first-order valence-corrected chi connectivity index (χ1v) is 8.21. The van der Waals surface area contributed by atoms with Gasteiger partial charge in [0.15, 0.2) is 0 Å². The molecule has 1 N–H and O–H groups in total. The molecular formula is C18H28N2. The minimum absolute atomic E-state index is 0.599. The molecule has 4 atom stereocenters. The molecule has 3 rings (SSSR count). The van der Waals surface area contributed by atoms with Crippen LogP contribution >= 0.6 is 0 Å². The van der Waals surface area contributed by atoms with E-state index in [-0.39, 0.29) is 0 Å². The zero-order valence-corrected chi connectivity index (χ0v) is 13.1. The summed E-state index contributed by atoms with van der Waals surface area (Å²) in [6.45, 7) is 10.7. The Morgan fingerprint density at radius 3 is 2.80 bits per heavy atom. The first kappa shape index (κ1) is 14.1. The molecule has 20 heavy (non-hydrogen) atoms. The van der Waals surface area contributed by atoms with Crippen LogP contribution in [0, 0.1) is 11.8 Å². The van der Waals surface area contributed by atoms with E-state index in [0.717, 1.165) is 24.9 Å². The van der Waals surface area contributed by atoms with Gasteiger partial charge in [-0.15, -0.1) is 0 Å². The third-order valence-electron chi connectivity index (χ3n) is 5.37. The van der Waals surface area contributed by atoms with Gasteiger partial charge in [0.1, 0.15) is 0 Å². The van der Waals surface area contributed by atoms with Crippen molar-refractivity contribution in [3.05, 3.63) is 35.4 Å². The maximum absolute atomic E-state index is 3.58. The monoisotopic (exact) mass is 272 g/mol. The lowest BCUT2D eigenvalue weighted by molar-refractivity contribution is 0.0369. The highest BCUT2D eigenvalue weighted by Gasteiger charge is 2.34. The Kier molecular flexibility index (Phi) is 4.13. The Morgan fingerprint density at radius 2 is 1.95 bits per heavy atom. The number of fused-ring (bicyclic) bond motifs is 1. The van der Waals surface area contributed by atoms with Crippen LogP contribution in [0.3, 0.4) is 0 Å². The van der Waals surface area contributed by atoms with Gasteiger partial charge < -0.3 is 5.32 Å². The van der Waals surface area contributed by atoms with Crippen molar-refractivity contribution in [1.29, 1.82) is 0 Å². The highest BCUT2D eigenvalue weighted by molar-refractivity contribution is 5.31. The van der Waals surface area contributed by atoms with Gasteiger partial charge in [-0.1, -0.05) is 38.1 Å². The van der Waals surface area contributed by atoms with Gasteiger partial charge in [-0.25, -0.2) is 0 Å². The van der Waals surface area contributed by atoms with E-state index in [1.165, 1.54) is 24.9 Å². The topological polar surface area (TPSA) is 15.3 Å². The molecule has 0 aliphatic carbocycles. The lowest BCUT2D eigenvalue weighted by atomic mass is 9.83. The average molecular weight is 272 g/mol. The number of benzene rings is 1. The molecule has 0 radical (unpaired) electrons. The maximum atomic E-state index is 3.58. The van der Waals surface area contributed by atoms with E-state index in [2.05, 4.69) is 55.3 Å². The van der Waals surface area contributed by atoms with Crippen LogP contribution in [0.2, 0.25) is 0 Å². The Labute approximate surface area is 123 Å². The SMILES string of the molecule is CC1CC(C)C(C)N(C2CCNCc3ccccc32)C1. The van der Waals surface area contributed by atoms with E-state index in [1.807, 2.05) is 0 Å². The van der Waals surface area contributed by atoms with Crippen LogP contribution in [-0.4, -0.2) is 24.0 Å². The number of nitrogens with zero attached hydrogens (tertiary/aromatic N) is 1. The van der Waals surface area contributed by atoms with Crippen molar-refractivity contribution >= 4 is 0 Å². The van der Waals surface area contributed by atoms with Gasteiger partial charge in [0.05, 0.1) is 0 Å². The largest absolute Gasteiger partial charge is 0.313 e. The van der Waals surface area contributed by atoms with E-state index in [0.29, 0.717) is 12.1 Å². The highest BCUT2D eigenvalue weighted by atomic mass is 15.2. The molecule has 0 aromatic heterocycles. The number of likely N-dealkylation sites (tertiary alicyclic amines) is 1. The summed E-state index contributed by atoms with van der Waals surface area (Å²) in [5.74, 6) is 1.63. The van der Waals surface area contributed by atoms with Gasteiger partial charge in [0.2, 0.25) is 0 Å². The average Bonchev–Trinajstić information content (AvgIpc) is 2.65. The van der Waals surface area contributed by atoms with Crippen LogP contribution in [0.4, 0.5) is 0 Å². The lowest BCUT2D eigenvalue weighted by Crippen LogP contribution is -2.47. The summed E-state index contributed by atoms with van der Waals surface area (Å²) in [6.07, 6.45) is 2.62. The van der Waals surface area contributed by atoms with Crippen molar-refractivity contribution in [3.8, 4) is 0 Å². The van der Waals surface area contributed by atoms with Crippen molar-refractivity contribution in [2.75, 3.05) is 13.1 Å². The summed E-state index contributed by atoms with van der Waals surface area (Å²) < 4.78 is 0. The number of hydrogen-bond donors (Lipinski definition) is 1. The molecular weight excluding hydrogens is 244 g/mol. The molecule has 1 saturated heterocycles. The molecule has 2 nitrogen and oxygen atoms in total. The molecule has 1 fully saturated rings. The third kappa shape index (κ3) is 2.64. The molecule has 0 saturated carbocycles. The summed E-state index contributed by atoms with van der Waals surface area (Å²) >= 11 is 0. The predicted molar refractivity (Wildman–Crippen MR) is 84.6 cm³/mol. The quantitative estimate of drug-likeness (QED) is 0.840. The molecule has 2 heterocycles. The van der Waals surface area contributed by atoms with E-state index < -0.39 is 0 Å². The van der Waals surface area contributed by atoms with Crippen LogP contribution in [0.1, 0.15) is 50.8 Å². The normalized spacial score (nSPS) is 35.4. The van der Waals surface area contributed by atoms with Gasteiger partial charge in [-0.05, 0) is 49.3 Å². The van der Waals surface area contributed by atoms with Gasteiger partial charge in [0, 0.05) is 25.2 Å². The van der Waals surface area contributed by atoms with Gasteiger partial charge in [-0.2, -0.15) is 0 Å². The standard InChI is InChI=1S/C18H28N2/c1-13-10-14(2)15(3)20(12-13)18-8-9-19-11-16-6-4-5-7-17(16)18/h4-7,13-15,18-19H,8-12H2,1-3H3. The Morgan fingerprint density at radius 1 is 1.15 bits per heavy atom. The zero-order chi connectivity index (χ0) is 14.1. The minimum Gasteiger partial charge on any atom is -0.313 e. The molecule has 2 aliphatic rings. The van der Waals surface area contributed by atoms with Crippen LogP contribution < -0.4 is 5.32 Å². The summed E-state index contributed by atoms with van der Waals surface area (Å²) in [6, 6.07) is 10.3. The Balaban J connectivity index is 1.92. The second kappa shape index (κ2) is 5.87. The molecule has 0 amide bonds. The van der Waals surface area contributed by atoms with Crippen LogP contribution in [0.5, 0.6) is 0 Å². The fourth-order valence-corrected chi connectivity index (χ4v) is 4.15. The summed E-state index contributed by atoms with van der Waals surface area (Å²) in [5, 5.41) is 3.58. The van der Waals surface area contributed by atoms with Gasteiger partial charge in [0.25, 0.3) is 0 Å². The number of nitrogens with one attached hydrogen (secondary N) is 1. The molecule has 2 aliphatic heterocycles. The fourth-order valence-electron chi connectivity index (χ4n) is 4.15. The minimum atomic E-state index is 0.599. The third-order valence-corrected chi connectivity index (χ3v) is 5.37. The molecule has 0 spiro atoms. The van der Waals surface area contributed by atoms with E-state index in [1.54, 1.807) is 5.56 Å². The van der Waals surface area contributed by atoms with Crippen molar-refractivity contribution in [3.63, 3.8) is 0 Å². The smallest absolute Gasteiger partial charge is 0.0366 e. The van der Waals surface area contributed by atoms with Gasteiger partial charge in [-0.3, -0.25) is 4.90 Å². The second-order valence-corrected chi connectivity index (χ2v) is 6.94. The molecule has 110 valence electrons. The van der Waals surface area contributed by atoms with Crippen molar-refractivity contribution in [2.45, 2.75) is 52.2 Å². The molecule has 0 bridgehead atoms. The van der Waals surface area contributed by atoms with E-state index in [9.17, 15) is 0 Å². The van der Waals surface area contributed by atoms with Crippen LogP contribution in [0.25, 0.3) is 0 Å². The van der Waals surface area contributed by atoms with Crippen molar-refractivity contribution < 1.29 is 0 Å². The van der Waals surface area contributed by atoms with E-state index >= 15 is 0 Å². The van der Waals surface area contributed by atoms with Crippen LogP contribution in [0.15, 0.2) is 24.3 Å². The molecule has 4 unspecified atom stereocenters. The number of hydrogen-bond acceptors (Lipinski definition) is 2. The fraction of sp³-hybridized carbons (Fsp3) is 0.667. The first-order chi connectivity index (χ1) is 9.66. The zero-order valence-electron chi connectivity index (χ0n) is 13.1. The van der Waals surface area contributed by atoms with E-state index in [4.69, 9.17) is 0 Å². The van der Waals surface area contributed by atoms with Crippen LogP contribution in [-0.2, 0) is 6.54 Å². The lowest BCUT2D eigenvalue weighted by Gasteiger charge is -2.45. The van der Waals surface area contributed by atoms with Gasteiger partial charge >= 0.3 is 0 Å². The second-order valence-electron chi connectivity index (χ2n) is 6.94. The van der Waals surface area contributed by atoms with Crippen molar-refractivity contribution in [2.24, 2.45) is 11.8 Å². The Bertz CT molecular complexity index is 456. The highest BCUT2D eigenvalue weighted by Crippen LogP contribution is 2.37. The number of piperidine rings is 1. The predicted octanol–water partition coefficient (Wildman–Crippen LogP) is 3.59. The van der Waals surface area contributed by atoms with Crippen molar-refractivity contribution in [1.82, 2.24) is 10.2 Å². The Hall–Kier alpha value is -0.860. The maximum Gasteiger partial charge on any atom is 0.0366 e. The summed E-state index contributed by atoms with van der Waals surface area (Å²) in [7, 11) is 0. The molecule has 2 heteroatoms. The summed E-state index contributed by atoms with van der Waals surface area (Å²) in [4.78, 5) is 2.78. The number of rotatable bonds is 1. The molecule has 1 aromatic carbocycles. The first-order valence-electron chi connectivity index (χ1n) is 8.21.